The molecule has 80 valence electrons. The minimum Gasteiger partial charge on any atom is -0.454 e. The van der Waals surface area contributed by atoms with Gasteiger partial charge in [0, 0.05) is 23.4 Å². The lowest BCUT2D eigenvalue weighted by Gasteiger charge is -2.28. The van der Waals surface area contributed by atoms with E-state index in [1.165, 1.54) is 18.7 Å². The number of nitro groups is 1. The van der Waals surface area contributed by atoms with Gasteiger partial charge in [0.25, 0.3) is 6.04 Å². The van der Waals surface area contributed by atoms with Crippen LogP contribution in [0.1, 0.15) is 6.92 Å². The first-order chi connectivity index (χ1) is 6.52. The first kappa shape index (κ1) is 11.3. The summed E-state index contributed by atoms with van der Waals surface area (Å²) in [6.45, 7) is 1.20. The van der Waals surface area contributed by atoms with Gasteiger partial charge in [-0.25, -0.2) is 0 Å². The fourth-order valence-electron chi connectivity index (χ4n) is 1.34. The Hall–Kier alpha value is -0.820. The normalized spacial score (nSPS) is 32.3. The van der Waals surface area contributed by atoms with Crippen LogP contribution in [0.5, 0.6) is 0 Å². The Labute approximate surface area is 84.8 Å². The number of ether oxygens (including phenoxy) is 1. The molecule has 1 aliphatic heterocycles. The van der Waals surface area contributed by atoms with Crippen LogP contribution < -0.4 is 0 Å². The van der Waals surface area contributed by atoms with Crippen molar-refractivity contribution in [3.05, 3.63) is 10.1 Å². The quantitative estimate of drug-likeness (QED) is 0.390. The molecule has 14 heavy (non-hydrogen) atoms. The second-order valence-electron chi connectivity index (χ2n) is 3.03. The predicted molar refractivity (Wildman–Crippen MR) is 49.7 cm³/mol. The van der Waals surface area contributed by atoms with Gasteiger partial charge < -0.3 is 9.84 Å². The molecule has 0 bridgehead atoms. The van der Waals surface area contributed by atoms with Crippen molar-refractivity contribution in [2.24, 2.45) is 0 Å². The Morgan fingerprint density at radius 3 is 2.79 bits per heavy atom. The van der Waals surface area contributed by atoms with Gasteiger partial charge in [-0.3, -0.25) is 14.9 Å². The van der Waals surface area contributed by atoms with Gasteiger partial charge in [0.15, 0.2) is 6.10 Å². The Morgan fingerprint density at radius 2 is 2.29 bits per heavy atom. The molecule has 1 heterocycles. The number of hydrogen-bond acceptors (Lipinski definition) is 6. The average Bonchev–Trinajstić information content (AvgIpc) is 2.01. The Kier molecular flexibility index (Phi) is 3.70. The first-order valence-electron chi connectivity index (χ1n) is 4.09. The molecule has 0 aromatic rings. The van der Waals surface area contributed by atoms with Crippen LogP contribution in [-0.2, 0) is 9.53 Å². The molecule has 3 atom stereocenters. The summed E-state index contributed by atoms with van der Waals surface area (Å²) in [6, 6.07) is -1.19. The van der Waals surface area contributed by atoms with Crippen LogP contribution in [0.4, 0.5) is 0 Å². The van der Waals surface area contributed by atoms with Crippen LogP contribution in [0, 0.1) is 10.1 Å². The van der Waals surface area contributed by atoms with Crippen LogP contribution >= 0.6 is 11.8 Å². The largest absolute Gasteiger partial charge is 0.454 e. The number of rotatable bonds is 2. The van der Waals surface area contributed by atoms with E-state index < -0.39 is 29.1 Å². The fourth-order valence-corrected chi connectivity index (χ4v) is 2.42. The average molecular weight is 221 g/mol. The van der Waals surface area contributed by atoms with Gasteiger partial charge >= 0.3 is 5.97 Å². The molecule has 0 aromatic heterocycles. The van der Waals surface area contributed by atoms with Gasteiger partial charge in [0.1, 0.15) is 6.10 Å². The van der Waals surface area contributed by atoms with Gasteiger partial charge in [-0.15, -0.1) is 0 Å². The summed E-state index contributed by atoms with van der Waals surface area (Å²) in [5.41, 5.74) is 0. The van der Waals surface area contributed by atoms with E-state index in [1.54, 1.807) is 0 Å². The summed E-state index contributed by atoms with van der Waals surface area (Å²) >= 11 is 1.34. The number of nitrogens with zero attached hydrogens (tertiary/aromatic N) is 1. The third-order valence-corrected chi connectivity index (χ3v) is 3.05. The lowest BCUT2D eigenvalue weighted by molar-refractivity contribution is -0.543. The molecule has 0 aliphatic carbocycles. The third-order valence-electron chi connectivity index (χ3n) is 1.91. The van der Waals surface area contributed by atoms with Crippen molar-refractivity contribution in [3.63, 3.8) is 0 Å². The van der Waals surface area contributed by atoms with E-state index in [0.717, 1.165) is 0 Å². The second kappa shape index (κ2) is 4.61. The smallest absolute Gasteiger partial charge is 0.303 e. The summed E-state index contributed by atoms with van der Waals surface area (Å²) in [7, 11) is 0. The molecule has 0 spiro atoms. The number of aliphatic hydroxyl groups is 1. The van der Waals surface area contributed by atoms with Gasteiger partial charge in [-0.2, -0.15) is 11.8 Å². The molecule has 1 fully saturated rings. The number of esters is 1. The molecule has 0 saturated carbocycles. The van der Waals surface area contributed by atoms with Crippen molar-refractivity contribution < 1.29 is 19.6 Å². The van der Waals surface area contributed by atoms with E-state index in [2.05, 4.69) is 0 Å². The maximum Gasteiger partial charge on any atom is 0.303 e. The van der Waals surface area contributed by atoms with E-state index in [-0.39, 0.29) is 0 Å². The molecule has 6 nitrogen and oxygen atoms in total. The highest BCUT2D eigenvalue weighted by Crippen LogP contribution is 2.23. The maximum atomic E-state index is 10.7. The van der Waals surface area contributed by atoms with Crippen molar-refractivity contribution in [2.75, 3.05) is 11.5 Å². The van der Waals surface area contributed by atoms with Crippen molar-refractivity contribution >= 4 is 17.7 Å². The van der Waals surface area contributed by atoms with E-state index in [4.69, 9.17) is 4.74 Å². The van der Waals surface area contributed by atoms with Crippen LogP contribution in [0.2, 0.25) is 0 Å². The van der Waals surface area contributed by atoms with Gasteiger partial charge in [-0.05, 0) is 0 Å². The van der Waals surface area contributed by atoms with Gasteiger partial charge in [0.05, 0.1) is 0 Å². The topological polar surface area (TPSA) is 89.7 Å². The Morgan fingerprint density at radius 1 is 1.64 bits per heavy atom. The lowest BCUT2D eigenvalue weighted by Crippen LogP contribution is -2.50. The first-order valence-corrected chi connectivity index (χ1v) is 5.24. The van der Waals surface area contributed by atoms with E-state index in [1.807, 2.05) is 0 Å². The monoisotopic (exact) mass is 221 g/mol. The molecule has 1 saturated heterocycles. The van der Waals surface area contributed by atoms with E-state index in [0.29, 0.717) is 11.5 Å². The molecule has 0 radical (unpaired) electrons. The van der Waals surface area contributed by atoms with Gasteiger partial charge in [-0.1, -0.05) is 0 Å². The van der Waals surface area contributed by atoms with E-state index in [9.17, 15) is 20.0 Å². The fraction of sp³-hybridized carbons (Fsp3) is 0.857. The highest BCUT2D eigenvalue weighted by Gasteiger charge is 2.43. The standard InChI is InChI=1S/C7H11NO5S/c1-4(9)13-6-3-14-2-5(10)7(6)8(11)12/h5-7,10H,2-3H2,1H3. The molecule has 3 unspecified atom stereocenters. The zero-order chi connectivity index (χ0) is 10.7. The minimum atomic E-state index is -1.19. The summed E-state index contributed by atoms with van der Waals surface area (Å²) in [4.78, 5) is 20.7. The molecular weight excluding hydrogens is 210 g/mol. The number of aliphatic hydroxyl groups excluding tert-OH is 1. The Bertz CT molecular complexity index is 246. The zero-order valence-corrected chi connectivity index (χ0v) is 8.40. The molecule has 1 aliphatic rings. The lowest BCUT2D eigenvalue weighted by atomic mass is 10.1. The van der Waals surface area contributed by atoms with Crippen molar-refractivity contribution in [3.8, 4) is 0 Å². The highest BCUT2D eigenvalue weighted by molar-refractivity contribution is 7.99. The second-order valence-corrected chi connectivity index (χ2v) is 4.10. The summed E-state index contributed by atoms with van der Waals surface area (Å²) < 4.78 is 4.77. The molecular formula is C7H11NO5S. The van der Waals surface area contributed by atoms with E-state index >= 15 is 0 Å². The molecule has 1 rings (SSSR count). The Balaban J connectivity index is 2.69. The molecule has 0 aromatic carbocycles. The summed E-state index contributed by atoms with van der Waals surface area (Å²) in [5, 5.41) is 20.0. The minimum absolute atomic E-state index is 0.309. The van der Waals surface area contributed by atoms with Crippen LogP contribution in [0.15, 0.2) is 0 Å². The van der Waals surface area contributed by atoms with Crippen LogP contribution in [0.3, 0.4) is 0 Å². The van der Waals surface area contributed by atoms with Crippen LogP contribution in [0.25, 0.3) is 0 Å². The summed E-state index contributed by atoms with van der Waals surface area (Å²) in [5.74, 6) is 0.114. The SMILES string of the molecule is CC(=O)OC1CSCC(O)C1[N+](=O)[O-]. The van der Waals surface area contributed by atoms with Crippen molar-refractivity contribution in [1.82, 2.24) is 0 Å². The number of hydrogen-bond donors (Lipinski definition) is 1. The maximum absolute atomic E-state index is 10.7. The number of thioether (sulfide) groups is 1. The van der Waals surface area contributed by atoms with Crippen molar-refractivity contribution in [2.45, 2.75) is 25.2 Å². The van der Waals surface area contributed by atoms with Crippen LogP contribution in [-0.4, -0.2) is 45.8 Å². The number of carbonyl (C=O) groups is 1. The molecule has 1 N–H and O–H groups in total. The zero-order valence-electron chi connectivity index (χ0n) is 7.58. The summed E-state index contributed by atoms with van der Waals surface area (Å²) in [6.07, 6.45) is -1.87. The number of carbonyl (C=O) groups excluding carboxylic acids is 1. The third kappa shape index (κ3) is 2.58. The predicted octanol–water partition coefficient (Wildman–Crippen LogP) is -0.329. The molecule has 0 amide bonds. The van der Waals surface area contributed by atoms with Gasteiger partial charge in [0.2, 0.25) is 0 Å². The van der Waals surface area contributed by atoms with Crippen molar-refractivity contribution in [1.29, 1.82) is 0 Å². The molecule has 7 heteroatoms. The highest BCUT2D eigenvalue weighted by atomic mass is 32.2.